The molecule has 1 amide bonds. The van der Waals surface area contributed by atoms with E-state index in [1.54, 1.807) is 4.90 Å². The van der Waals surface area contributed by atoms with E-state index in [0.717, 1.165) is 16.9 Å². The molecule has 1 aromatic carbocycles. The molecule has 2 rings (SSSR count). The summed E-state index contributed by atoms with van der Waals surface area (Å²) >= 11 is 0. The first kappa shape index (κ1) is 13.4. The van der Waals surface area contributed by atoms with Crippen molar-refractivity contribution >= 4 is 23.3 Å². The summed E-state index contributed by atoms with van der Waals surface area (Å²) < 4.78 is 0. The molecule has 0 spiro atoms. The number of nitrogens with zero attached hydrogens (tertiary/aromatic N) is 2. The smallest absolute Gasteiger partial charge is 0.305 e. The van der Waals surface area contributed by atoms with E-state index in [9.17, 15) is 9.59 Å². The highest BCUT2D eigenvalue weighted by Crippen LogP contribution is 2.31. The van der Waals surface area contributed by atoms with E-state index < -0.39 is 5.97 Å². The average molecular weight is 262 g/mol. The van der Waals surface area contributed by atoms with E-state index in [4.69, 9.17) is 5.11 Å². The molecule has 5 nitrogen and oxygen atoms in total. The molecule has 0 aromatic heterocycles. The molecule has 0 aliphatic carbocycles. The summed E-state index contributed by atoms with van der Waals surface area (Å²) in [5.41, 5.74) is 2.94. The lowest BCUT2D eigenvalue weighted by atomic mass is 10.1. The maximum absolute atomic E-state index is 11.8. The van der Waals surface area contributed by atoms with Crippen LogP contribution in [0.3, 0.4) is 0 Å². The highest BCUT2D eigenvalue weighted by atomic mass is 16.4. The maximum Gasteiger partial charge on any atom is 0.305 e. The van der Waals surface area contributed by atoms with Crippen molar-refractivity contribution in [3.8, 4) is 0 Å². The fraction of sp³-hybridized carbons (Fsp3) is 0.429. The van der Waals surface area contributed by atoms with Gasteiger partial charge in [-0.2, -0.15) is 0 Å². The lowest BCUT2D eigenvalue weighted by Gasteiger charge is -2.20. The highest BCUT2D eigenvalue weighted by molar-refractivity contribution is 6.01. The van der Waals surface area contributed by atoms with Crippen molar-refractivity contribution in [3.63, 3.8) is 0 Å². The van der Waals surface area contributed by atoms with E-state index in [1.807, 2.05) is 37.1 Å². The Kier molecular flexibility index (Phi) is 3.74. The molecule has 0 unspecified atom stereocenters. The Hall–Kier alpha value is -2.04. The third-order valence-corrected chi connectivity index (χ3v) is 3.41. The number of carbonyl (C=O) groups is 2. The van der Waals surface area contributed by atoms with Crippen molar-refractivity contribution in [1.29, 1.82) is 0 Å². The Balaban J connectivity index is 2.16. The number of carbonyl (C=O) groups excluding carboxylic acids is 1. The van der Waals surface area contributed by atoms with E-state index in [0.29, 0.717) is 19.5 Å². The quantitative estimate of drug-likeness (QED) is 0.873. The van der Waals surface area contributed by atoms with Crippen molar-refractivity contribution in [2.75, 3.05) is 29.9 Å². The zero-order chi connectivity index (χ0) is 14.0. The number of hydrogen-bond donors (Lipinski definition) is 1. The number of amides is 1. The molecule has 1 N–H and O–H groups in total. The van der Waals surface area contributed by atoms with Crippen LogP contribution >= 0.6 is 0 Å². The first-order valence-corrected chi connectivity index (χ1v) is 6.39. The number of fused-ring (bicyclic) bond motifs is 1. The summed E-state index contributed by atoms with van der Waals surface area (Å²) in [4.78, 5) is 26.0. The van der Waals surface area contributed by atoms with Crippen LogP contribution in [0.4, 0.5) is 11.4 Å². The highest BCUT2D eigenvalue weighted by Gasteiger charge is 2.26. The zero-order valence-corrected chi connectivity index (χ0v) is 11.2. The van der Waals surface area contributed by atoms with Gasteiger partial charge in [0.05, 0.1) is 12.8 Å². The van der Waals surface area contributed by atoms with E-state index in [1.165, 1.54) is 0 Å². The lowest BCUT2D eigenvalue weighted by Crippen LogP contribution is -2.25. The van der Waals surface area contributed by atoms with Gasteiger partial charge in [-0.3, -0.25) is 9.59 Å². The summed E-state index contributed by atoms with van der Waals surface area (Å²) in [6, 6.07) is 5.85. The molecule has 1 aliphatic rings. The van der Waals surface area contributed by atoms with Gasteiger partial charge in [0.25, 0.3) is 0 Å². The van der Waals surface area contributed by atoms with Crippen molar-refractivity contribution < 1.29 is 14.7 Å². The van der Waals surface area contributed by atoms with Gasteiger partial charge in [0.15, 0.2) is 0 Å². The monoisotopic (exact) mass is 262 g/mol. The van der Waals surface area contributed by atoms with Gasteiger partial charge < -0.3 is 14.9 Å². The molecule has 19 heavy (non-hydrogen) atoms. The van der Waals surface area contributed by atoms with E-state index in [2.05, 4.69) is 0 Å². The maximum atomic E-state index is 11.8. The zero-order valence-electron chi connectivity index (χ0n) is 11.2. The Morgan fingerprint density at radius 1 is 1.47 bits per heavy atom. The summed E-state index contributed by atoms with van der Waals surface area (Å²) in [6.45, 7) is 3.10. The van der Waals surface area contributed by atoms with Crippen LogP contribution in [0.1, 0.15) is 18.9 Å². The average Bonchev–Trinajstić information content (AvgIpc) is 2.69. The molecular weight excluding hydrogens is 244 g/mol. The lowest BCUT2D eigenvalue weighted by molar-refractivity contribution is -0.136. The first-order valence-electron chi connectivity index (χ1n) is 6.39. The van der Waals surface area contributed by atoms with Crippen LogP contribution in [0.15, 0.2) is 18.2 Å². The molecule has 5 heteroatoms. The fourth-order valence-corrected chi connectivity index (χ4v) is 2.35. The number of rotatable bonds is 5. The van der Waals surface area contributed by atoms with Crippen molar-refractivity contribution in [2.45, 2.75) is 19.8 Å². The summed E-state index contributed by atoms with van der Waals surface area (Å²) in [6.07, 6.45) is 0.539. The number of hydrogen-bond acceptors (Lipinski definition) is 3. The second-order valence-corrected chi connectivity index (χ2v) is 4.69. The summed E-state index contributed by atoms with van der Waals surface area (Å²) in [5.74, 6) is -0.678. The molecule has 1 aromatic rings. The fourth-order valence-electron chi connectivity index (χ4n) is 2.35. The second-order valence-electron chi connectivity index (χ2n) is 4.69. The van der Waals surface area contributed by atoms with Crippen LogP contribution in [0, 0.1) is 0 Å². The predicted octanol–water partition coefficient (Wildman–Crippen LogP) is 1.51. The molecule has 102 valence electrons. The normalized spacial score (nSPS) is 13.6. The SMILES string of the molecule is CCN1C(=O)Cc2cc(N(C)CCC(=O)O)ccc21. The molecule has 1 aliphatic heterocycles. The molecule has 0 fully saturated rings. The Labute approximate surface area is 112 Å². The second kappa shape index (κ2) is 5.30. The molecule has 0 radical (unpaired) electrons. The van der Waals surface area contributed by atoms with Gasteiger partial charge >= 0.3 is 5.97 Å². The minimum atomic E-state index is -0.805. The standard InChI is InChI=1S/C14H18N2O3/c1-3-16-12-5-4-11(8-10(12)9-13(16)17)15(2)7-6-14(18)19/h4-5,8H,3,6-7,9H2,1-2H3,(H,18,19). The minimum absolute atomic E-state index is 0.105. The van der Waals surface area contributed by atoms with Gasteiger partial charge in [0.2, 0.25) is 5.91 Å². The molecule has 0 saturated carbocycles. The number of aliphatic carboxylic acids is 1. The van der Waals surface area contributed by atoms with Gasteiger partial charge in [0.1, 0.15) is 0 Å². The largest absolute Gasteiger partial charge is 0.481 e. The Bertz CT molecular complexity index is 513. The van der Waals surface area contributed by atoms with Crippen LogP contribution in [-0.2, 0) is 16.0 Å². The predicted molar refractivity (Wildman–Crippen MR) is 73.7 cm³/mol. The van der Waals surface area contributed by atoms with Crippen molar-refractivity contribution in [3.05, 3.63) is 23.8 Å². The van der Waals surface area contributed by atoms with Gasteiger partial charge in [-0.25, -0.2) is 0 Å². The molecule has 0 saturated heterocycles. The first-order chi connectivity index (χ1) is 9.02. The van der Waals surface area contributed by atoms with Crippen molar-refractivity contribution in [1.82, 2.24) is 0 Å². The van der Waals surface area contributed by atoms with Gasteiger partial charge in [0, 0.05) is 31.5 Å². The van der Waals surface area contributed by atoms with Crippen LogP contribution in [0.2, 0.25) is 0 Å². The number of carboxylic acid groups (broad SMARTS) is 1. The Morgan fingerprint density at radius 2 is 2.21 bits per heavy atom. The number of carboxylic acids is 1. The molecular formula is C14H18N2O3. The van der Waals surface area contributed by atoms with Crippen molar-refractivity contribution in [2.24, 2.45) is 0 Å². The molecule has 0 atom stereocenters. The third kappa shape index (κ3) is 2.70. The van der Waals surface area contributed by atoms with Crippen LogP contribution in [0.5, 0.6) is 0 Å². The molecule has 0 bridgehead atoms. The van der Waals surface area contributed by atoms with E-state index >= 15 is 0 Å². The topological polar surface area (TPSA) is 60.9 Å². The van der Waals surface area contributed by atoms with Gasteiger partial charge in [-0.15, -0.1) is 0 Å². The minimum Gasteiger partial charge on any atom is -0.481 e. The summed E-state index contributed by atoms with van der Waals surface area (Å²) in [5, 5.41) is 8.69. The van der Waals surface area contributed by atoms with Crippen LogP contribution in [0.25, 0.3) is 0 Å². The number of benzene rings is 1. The van der Waals surface area contributed by atoms with Gasteiger partial charge in [-0.1, -0.05) is 0 Å². The number of anilines is 2. The van der Waals surface area contributed by atoms with Crippen LogP contribution in [-0.4, -0.2) is 37.1 Å². The van der Waals surface area contributed by atoms with Crippen LogP contribution < -0.4 is 9.80 Å². The molecule has 1 heterocycles. The number of likely N-dealkylation sites (N-methyl/N-ethyl adjacent to an activating group) is 1. The van der Waals surface area contributed by atoms with E-state index in [-0.39, 0.29) is 12.3 Å². The summed E-state index contributed by atoms with van der Waals surface area (Å²) in [7, 11) is 1.86. The Morgan fingerprint density at radius 3 is 2.84 bits per heavy atom. The van der Waals surface area contributed by atoms with Gasteiger partial charge in [-0.05, 0) is 30.7 Å². The third-order valence-electron chi connectivity index (χ3n) is 3.41.